The van der Waals surface area contributed by atoms with Gasteiger partial charge in [-0.25, -0.2) is 9.67 Å². The molecule has 15 heavy (non-hydrogen) atoms. The Kier molecular flexibility index (Phi) is 3.79. The molecule has 1 aromatic rings. The topological polar surface area (TPSA) is 72.5 Å². The molecule has 84 valence electrons. The van der Waals surface area contributed by atoms with Gasteiger partial charge in [0.25, 0.3) is 0 Å². The first kappa shape index (κ1) is 11.6. The summed E-state index contributed by atoms with van der Waals surface area (Å²) in [4.78, 5) is 3.82. The van der Waals surface area contributed by atoms with Crippen molar-refractivity contribution in [2.75, 3.05) is 13.7 Å². The molecule has 1 aromatic heterocycles. The summed E-state index contributed by atoms with van der Waals surface area (Å²) in [7, 11) is 1.62. The van der Waals surface area contributed by atoms with Crippen LogP contribution in [0.3, 0.4) is 0 Å². The van der Waals surface area contributed by atoms with Gasteiger partial charge in [0.1, 0.15) is 12.7 Å². The van der Waals surface area contributed by atoms with Gasteiger partial charge in [0.2, 0.25) is 0 Å². The van der Waals surface area contributed by atoms with E-state index in [9.17, 15) is 0 Å². The van der Waals surface area contributed by atoms with Crippen molar-refractivity contribution in [3.8, 4) is 0 Å². The van der Waals surface area contributed by atoms with Crippen LogP contribution in [-0.2, 0) is 11.3 Å². The second-order valence-electron chi connectivity index (χ2n) is 3.96. The summed E-state index contributed by atoms with van der Waals surface area (Å²) in [5.41, 5.74) is 0.282. The molecule has 0 unspecified atom stereocenters. The van der Waals surface area contributed by atoms with Crippen molar-refractivity contribution in [3.63, 3.8) is 0 Å². The minimum atomic E-state index is -0.324. The minimum absolute atomic E-state index is 0.324. The predicted octanol–water partition coefficient (Wildman–Crippen LogP) is 0.781. The highest BCUT2D eigenvalue weighted by Gasteiger charge is 2.26. The lowest BCUT2D eigenvalue weighted by molar-refractivity contribution is 0.138. The van der Waals surface area contributed by atoms with E-state index in [2.05, 4.69) is 15.2 Å². The molecular weight excluding hydrogens is 196 g/mol. The Morgan fingerprint density at radius 2 is 2.33 bits per heavy atom. The third-order valence-electron chi connectivity index (χ3n) is 2.19. The molecule has 6 heteroatoms. The maximum atomic E-state index is 8.96. The molecule has 0 fully saturated rings. The Labute approximate surface area is 88.6 Å². The molecule has 6 nitrogen and oxygen atoms in total. The van der Waals surface area contributed by atoms with Crippen LogP contribution < -0.4 is 0 Å². The summed E-state index contributed by atoms with van der Waals surface area (Å²) in [6, 6.07) is 0. The molecule has 0 saturated heterocycles. The molecule has 0 amide bonds. The Hall–Kier alpha value is -1.43. The van der Waals surface area contributed by atoms with Gasteiger partial charge in [-0.2, -0.15) is 5.10 Å². The van der Waals surface area contributed by atoms with Crippen molar-refractivity contribution in [2.45, 2.75) is 20.4 Å². The van der Waals surface area contributed by atoms with Gasteiger partial charge in [-0.3, -0.25) is 0 Å². The molecule has 0 aliphatic heterocycles. The summed E-state index contributed by atoms with van der Waals surface area (Å²) in [5, 5.41) is 16.2. The van der Waals surface area contributed by atoms with Crippen molar-refractivity contribution in [2.24, 2.45) is 10.6 Å². The highest BCUT2D eigenvalue weighted by molar-refractivity contribution is 5.89. The number of oxime groups is 1. The fraction of sp³-hybridized carbons (Fsp3) is 0.667. The first-order chi connectivity index (χ1) is 7.10. The van der Waals surface area contributed by atoms with Crippen LogP contribution in [0, 0.1) is 5.41 Å². The molecule has 0 bridgehead atoms. The van der Waals surface area contributed by atoms with Crippen LogP contribution in [0.25, 0.3) is 0 Å². The van der Waals surface area contributed by atoms with E-state index in [0.717, 1.165) is 0 Å². The fourth-order valence-electron chi connectivity index (χ4n) is 1.29. The van der Waals surface area contributed by atoms with Crippen LogP contribution in [0.4, 0.5) is 0 Å². The van der Waals surface area contributed by atoms with E-state index in [1.54, 1.807) is 18.1 Å². The van der Waals surface area contributed by atoms with Crippen molar-refractivity contribution < 1.29 is 9.94 Å². The Bertz CT molecular complexity index is 319. The van der Waals surface area contributed by atoms with Gasteiger partial charge in [0, 0.05) is 12.5 Å². The highest BCUT2D eigenvalue weighted by atomic mass is 16.5. The number of aromatic nitrogens is 3. The number of ether oxygens (including phenoxy) is 1. The van der Waals surface area contributed by atoms with Gasteiger partial charge in [-0.1, -0.05) is 19.0 Å². The Morgan fingerprint density at radius 1 is 1.60 bits per heavy atom. The van der Waals surface area contributed by atoms with Crippen LogP contribution in [-0.4, -0.2) is 39.4 Å². The number of nitrogens with zero attached hydrogens (tertiary/aromatic N) is 4. The smallest absolute Gasteiger partial charge is 0.137 e. The normalized spacial score (nSPS) is 13.1. The third kappa shape index (κ3) is 3.02. The van der Waals surface area contributed by atoms with E-state index < -0.39 is 0 Å². The molecule has 0 aliphatic carbocycles. The minimum Gasteiger partial charge on any atom is -0.411 e. The third-order valence-corrected chi connectivity index (χ3v) is 2.19. The van der Waals surface area contributed by atoms with E-state index in [0.29, 0.717) is 18.9 Å². The number of hydrogen-bond acceptors (Lipinski definition) is 5. The molecule has 0 spiro atoms. The van der Waals surface area contributed by atoms with E-state index in [1.807, 2.05) is 13.8 Å². The summed E-state index contributed by atoms with van der Waals surface area (Å²) in [5.74, 6) is 0. The molecule has 1 N–H and O–H groups in total. The number of methoxy groups -OCH3 is 1. The van der Waals surface area contributed by atoms with Crippen LogP contribution in [0.2, 0.25) is 0 Å². The van der Waals surface area contributed by atoms with E-state index >= 15 is 0 Å². The van der Waals surface area contributed by atoms with Crippen molar-refractivity contribution in [1.29, 1.82) is 0 Å². The van der Waals surface area contributed by atoms with Gasteiger partial charge in [-0.05, 0) is 0 Å². The fourth-order valence-corrected chi connectivity index (χ4v) is 1.29. The van der Waals surface area contributed by atoms with E-state index in [-0.39, 0.29) is 5.41 Å². The lowest BCUT2D eigenvalue weighted by Gasteiger charge is -2.24. The molecule has 0 radical (unpaired) electrons. The zero-order valence-corrected chi connectivity index (χ0v) is 9.21. The van der Waals surface area contributed by atoms with Gasteiger partial charge in [0.15, 0.2) is 0 Å². The van der Waals surface area contributed by atoms with Gasteiger partial charge in [-0.15, -0.1) is 0 Å². The van der Waals surface area contributed by atoms with Crippen LogP contribution in [0.5, 0.6) is 0 Å². The lowest BCUT2D eigenvalue weighted by Crippen LogP contribution is -2.32. The molecule has 1 heterocycles. The predicted molar refractivity (Wildman–Crippen MR) is 54.9 cm³/mol. The van der Waals surface area contributed by atoms with Gasteiger partial charge >= 0.3 is 0 Å². The SMILES string of the molecule is COCC(C)(C)/C(Cn1cncn1)=N\O. The Balaban J connectivity index is 2.72. The summed E-state index contributed by atoms with van der Waals surface area (Å²) in [6.45, 7) is 4.79. The average molecular weight is 212 g/mol. The summed E-state index contributed by atoms with van der Waals surface area (Å²) >= 11 is 0. The summed E-state index contributed by atoms with van der Waals surface area (Å²) in [6.07, 6.45) is 3.02. The lowest BCUT2D eigenvalue weighted by atomic mass is 9.88. The molecule has 0 aliphatic rings. The molecule has 1 rings (SSSR count). The van der Waals surface area contributed by atoms with Crippen LogP contribution in [0.15, 0.2) is 17.8 Å². The molecule has 0 atom stereocenters. The van der Waals surface area contributed by atoms with Crippen molar-refractivity contribution in [1.82, 2.24) is 14.8 Å². The first-order valence-electron chi connectivity index (χ1n) is 4.63. The average Bonchev–Trinajstić information content (AvgIpc) is 2.66. The maximum Gasteiger partial charge on any atom is 0.137 e. The van der Waals surface area contributed by atoms with Gasteiger partial charge < -0.3 is 9.94 Å². The van der Waals surface area contributed by atoms with Crippen LogP contribution in [0.1, 0.15) is 13.8 Å². The van der Waals surface area contributed by atoms with E-state index in [1.165, 1.54) is 6.33 Å². The molecule has 0 saturated carbocycles. The largest absolute Gasteiger partial charge is 0.411 e. The quantitative estimate of drug-likeness (QED) is 0.444. The van der Waals surface area contributed by atoms with E-state index in [4.69, 9.17) is 9.94 Å². The van der Waals surface area contributed by atoms with Crippen LogP contribution >= 0.6 is 0 Å². The zero-order chi connectivity index (χ0) is 11.3. The molecular formula is C9H16N4O2. The maximum absolute atomic E-state index is 8.96. The first-order valence-corrected chi connectivity index (χ1v) is 4.63. The molecule has 0 aromatic carbocycles. The number of rotatable bonds is 5. The standard InChI is InChI=1S/C9H16N4O2/c1-9(2,5-15-3)8(12-14)4-13-7-10-6-11-13/h6-7,14H,4-5H2,1-3H3/b12-8-. The number of hydrogen-bond donors (Lipinski definition) is 1. The second-order valence-corrected chi connectivity index (χ2v) is 3.96. The van der Waals surface area contributed by atoms with Crippen molar-refractivity contribution in [3.05, 3.63) is 12.7 Å². The highest BCUT2D eigenvalue weighted by Crippen LogP contribution is 2.18. The van der Waals surface area contributed by atoms with Crippen molar-refractivity contribution >= 4 is 5.71 Å². The monoisotopic (exact) mass is 212 g/mol. The summed E-state index contributed by atoms with van der Waals surface area (Å²) < 4.78 is 6.68. The Morgan fingerprint density at radius 3 is 2.80 bits per heavy atom. The van der Waals surface area contributed by atoms with Gasteiger partial charge in [0.05, 0.1) is 18.9 Å². The second kappa shape index (κ2) is 4.88. The zero-order valence-electron chi connectivity index (χ0n) is 9.21.